The highest BCUT2D eigenvalue weighted by Gasteiger charge is 2.32. The zero-order chi connectivity index (χ0) is 18.5. The SMILES string of the molecule is CNS(=O)(=O)c1ccc2c(ccc3onc(C4CCC(=O)NC4=O)c32)c1. The Morgan fingerprint density at radius 1 is 1.23 bits per heavy atom. The number of carbonyl (C=O) groups is 2. The molecule has 134 valence electrons. The lowest BCUT2D eigenvalue weighted by Gasteiger charge is -2.19. The van der Waals surface area contributed by atoms with Crippen LogP contribution in [0.3, 0.4) is 0 Å². The quantitative estimate of drug-likeness (QED) is 0.670. The lowest BCUT2D eigenvalue weighted by Crippen LogP contribution is -2.39. The average molecular weight is 373 g/mol. The molecule has 9 heteroatoms. The van der Waals surface area contributed by atoms with Gasteiger partial charge in [-0.1, -0.05) is 17.3 Å². The molecule has 26 heavy (non-hydrogen) atoms. The van der Waals surface area contributed by atoms with Crippen molar-refractivity contribution >= 4 is 43.6 Å². The van der Waals surface area contributed by atoms with Crippen LogP contribution in [0, 0.1) is 0 Å². The van der Waals surface area contributed by atoms with Gasteiger partial charge >= 0.3 is 0 Å². The lowest BCUT2D eigenvalue weighted by molar-refractivity contribution is -0.134. The monoisotopic (exact) mass is 373 g/mol. The normalized spacial score (nSPS) is 18.4. The van der Waals surface area contributed by atoms with Gasteiger partial charge in [0.1, 0.15) is 5.69 Å². The Hall–Kier alpha value is -2.78. The second-order valence-electron chi connectivity index (χ2n) is 6.10. The number of nitrogens with one attached hydrogen (secondary N) is 2. The Bertz CT molecular complexity index is 1170. The molecule has 1 atom stereocenters. The molecule has 4 rings (SSSR count). The zero-order valence-corrected chi connectivity index (χ0v) is 14.6. The van der Waals surface area contributed by atoms with Crippen LogP contribution in [0.4, 0.5) is 0 Å². The van der Waals surface area contributed by atoms with Crippen LogP contribution in [-0.4, -0.2) is 32.4 Å². The number of fused-ring (bicyclic) bond motifs is 3. The molecule has 1 unspecified atom stereocenters. The van der Waals surface area contributed by atoms with E-state index in [0.717, 1.165) is 5.39 Å². The van der Waals surface area contributed by atoms with Crippen molar-refractivity contribution in [2.45, 2.75) is 23.7 Å². The Morgan fingerprint density at radius 3 is 2.77 bits per heavy atom. The van der Waals surface area contributed by atoms with Crippen molar-refractivity contribution in [1.29, 1.82) is 0 Å². The number of sulfonamides is 1. The van der Waals surface area contributed by atoms with Crippen LogP contribution < -0.4 is 10.0 Å². The fourth-order valence-electron chi connectivity index (χ4n) is 3.25. The topological polar surface area (TPSA) is 118 Å². The molecule has 0 spiro atoms. The third-order valence-corrected chi connectivity index (χ3v) is 6.01. The summed E-state index contributed by atoms with van der Waals surface area (Å²) in [7, 11) is -2.21. The summed E-state index contributed by atoms with van der Waals surface area (Å²) in [5.74, 6) is -1.28. The number of carbonyl (C=O) groups excluding carboxylic acids is 2. The molecule has 1 aliphatic rings. The van der Waals surface area contributed by atoms with Crippen molar-refractivity contribution in [2.24, 2.45) is 0 Å². The molecular weight excluding hydrogens is 358 g/mol. The summed E-state index contributed by atoms with van der Waals surface area (Å²) >= 11 is 0. The van der Waals surface area contributed by atoms with Gasteiger partial charge in [-0.15, -0.1) is 0 Å². The number of hydrogen-bond donors (Lipinski definition) is 2. The summed E-state index contributed by atoms with van der Waals surface area (Å²) in [6, 6.07) is 8.16. The van der Waals surface area contributed by atoms with E-state index in [-0.39, 0.29) is 17.2 Å². The molecule has 0 aliphatic carbocycles. The molecule has 1 fully saturated rings. The third kappa shape index (κ3) is 2.56. The van der Waals surface area contributed by atoms with Gasteiger partial charge in [0, 0.05) is 6.42 Å². The fourth-order valence-corrected chi connectivity index (χ4v) is 4.01. The highest BCUT2D eigenvalue weighted by molar-refractivity contribution is 7.89. The molecule has 0 radical (unpaired) electrons. The van der Waals surface area contributed by atoms with Crippen LogP contribution >= 0.6 is 0 Å². The molecule has 0 saturated carbocycles. The molecule has 2 heterocycles. The molecule has 2 N–H and O–H groups in total. The summed E-state index contributed by atoms with van der Waals surface area (Å²) in [5, 5.41) is 8.45. The van der Waals surface area contributed by atoms with E-state index in [1.54, 1.807) is 24.3 Å². The number of nitrogens with zero attached hydrogens (tertiary/aromatic N) is 1. The van der Waals surface area contributed by atoms with E-state index in [9.17, 15) is 18.0 Å². The minimum atomic E-state index is -3.57. The predicted molar refractivity (Wildman–Crippen MR) is 92.9 cm³/mol. The Balaban J connectivity index is 1.91. The second kappa shape index (κ2) is 5.89. The van der Waals surface area contributed by atoms with Crippen molar-refractivity contribution < 1.29 is 22.5 Å². The fraction of sp³-hybridized carbons (Fsp3) is 0.235. The number of piperidine rings is 1. The van der Waals surface area contributed by atoms with Gasteiger partial charge in [-0.2, -0.15) is 0 Å². The highest BCUT2D eigenvalue weighted by atomic mass is 32.2. The molecule has 3 aromatic rings. The maximum absolute atomic E-state index is 12.2. The summed E-state index contributed by atoms with van der Waals surface area (Å²) in [4.78, 5) is 23.7. The summed E-state index contributed by atoms with van der Waals surface area (Å²) in [5.41, 5.74) is 0.959. The Morgan fingerprint density at radius 2 is 2.04 bits per heavy atom. The molecule has 1 saturated heterocycles. The van der Waals surface area contributed by atoms with Gasteiger partial charge in [-0.3, -0.25) is 14.9 Å². The maximum Gasteiger partial charge on any atom is 0.240 e. The minimum Gasteiger partial charge on any atom is -0.356 e. The minimum absolute atomic E-state index is 0.144. The largest absolute Gasteiger partial charge is 0.356 e. The Kier molecular flexibility index (Phi) is 3.78. The van der Waals surface area contributed by atoms with Crippen molar-refractivity contribution in [3.8, 4) is 0 Å². The number of rotatable bonds is 3. The van der Waals surface area contributed by atoms with Crippen molar-refractivity contribution in [1.82, 2.24) is 15.2 Å². The van der Waals surface area contributed by atoms with Gasteiger partial charge in [0.15, 0.2) is 5.58 Å². The summed E-state index contributed by atoms with van der Waals surface area (Å²) in [6.45, 7) is 0. The third-order valence-electron chi connectivity index (χ3n) is 4.60. The first-order chi connectivity index (χ1) is 12.4. The van der Waals surface area contributed by atoms with E-state index >= 15 is 0 Å². The number of hydrogen-bond acceptors (Lipinski definition) is 6. The standard InChI is InChI=1S/C17H15N3O5S/c1-18-26(23,24)10-3-4-11-9(8-10)2-6-13-15(11)16(20-25-13)12-5-7-14(21)19-17(12)22/h2-4,6,8,12,18H,5,7H2,1H3,(H,19,21,22). The first-order valence-corrected chi connectivity index (χ1v) is 9.48. The molecule has 1 aliphatic heterocycles. The smallest absolute Gasteiger partial charge is 0.240 e. The van der Waals surface area contributed by atoms with Crippen LogP contribution in [-0.2, 0) is 19.6 Å². The van der Waals surface area contributed by atoms with Gasteiger partial charge in [0.2, 0.25) is 21.8 Å². The average Bonchev–Trinajstić information content (AvgIpc) is 3.05. The van der Waals surface area contributed by atoms with Crippen LogP contribution in [0.5, 0.6) is 0 Å². The zero-order valence-electron chi connectivity index (χ0n) is 13.8. The Labute approximate surface area is 148 Å². The van der Waals surface area contributed by atoms with E-state index in [0.29, 0.717) is 28.5 Å². The summed E-state index contributed by atoms with van der Waals surface area (Å²) < 4.78 is 31.7. The first-order valence-electron chi connectivity index (χ1n) is 8.00. The number of benzene rings is 2. The predicted octanol–water partition coefficient (Wildman–Crippen LogP) is 1.41. The first kappa shape index (κ1) is 16.7. The maximum atomic E-state index is 12.2. The molecule has 2 amide bonds. The van der Waals surface area contributed by atoms with E-state index in [1.165, 1.54) is 13.1 Å². The van der Waals surface area contributed by atoms with Gasteiger partial charge in [-0.05, 0) is 42.4 Å². The van der Waals surface area contributed by atoms with E-state index < -0.39 is 21.8 Å². The second-order valence-corrected chi connectivity index (χ2v) is 7.99. The van der Waals surface area contributed by atoms with E-state index in [1.807, 2.05) is 0 Å². The van der Waals surface area contributed by atoms with Gasteiger partial charge < -0.3 is 4.52 Å². The molecular formula is C17H15N3O5S. The van der Waals surface area contributed by atoms with Crippen LogP contribution in [0.25, 0.3) is 21.7 Å². The van der Waals surface area contributed by atoms with Crippen molar-refractivity contribution in [3.05, 3.63) is 36.0 Å². The molecule has 1 aromatic heterocycles. The van der Waals surface area contributed by atoms with Crippen LogP contribution in [0.1, 0.15) is 24.5 Å². The van der Waals surface area contributed by atoms with E-state index in [4.69, 9.17) is 4.52 Å². The van der Waals surface area contributed by atoms with Gasteiger partial charge in [0.05, 0.1) is 16.2 Å². The number of amides is 2. The summed E-state index contributed by atoms with van der Waals surface area (Å²) in [6.07, 6.45) is 0.592. The van der Waals surface area contributed by atoms with Crippen molar-refractivity contribution in [3.63, 3.8) is 0 Å². The highest BCUT2D eigenvalue weighted by Crippen LogP contribution is 2.35. The van der Waals surface area contributed by atoms with E-state index in [2.05, 4.69) is 15.2 Å². The number of imide groups is 1. The van der Waals surface area contributed by atoms with Crippen LogP contribution in [0.15, 0.2) is 39.8 Å². The molecule has 0 bridgehead atoms. The number of aromatic nitrogens is 1. The molecule has 8 nitrogen and oxygen atoms in total. The van der Waals surface area contributed by atoms with Gasteiger partial charge in [-0.25, -0.2) is 13.1 Å². The van der Waals surface area contributed by atoms with Crippen molar-refractivity contribution in [2.75, 3.05) is 7.05 Å². The van der Waals surface area contributed by atoms with Crippen LogP contribution in [0.2, 0.25) is 0 Å². The lowest BCUT2D eigenvalue weighted by atomic mass is 9.91. The molecule has 2 aromatic carbocycles. The van der Waals surface area contributed by atoms with Gasteiger partial charge in [0.25, 0.3) is 0 Å².